The van der Waals surface area contributed by atoms with E-state index in [1.54, 1.807) is 0 Å². The van der Waals surface area contributed by atoms with Crippen LogP contribution < -0.4 is 0 Å². The maximum Gasteiger partial charge on any atom is 0.154 e. The number of benzene rings is 2. The quantitative estimate of drug-likeness (QED) is 0.537. The number of fused-ring (bicyclic) bond motifs is 5. The molecular weight excluding hydrogens is 244 g/mol. The van der Waals surface area contributed by atoms with Crippen molar-refractivity contribution < 1.29 is 4.42 Å². The minimum Gasteiger partial charge on any atom is -0.454 e. The van der Waals surface area contributed by atoms with E-state index >= 15 is 0 Å². The van der Waals surface area contributed by atoms with Gasteiger partial charge in [-0.3, -0.25) is 0 Å². The van der Waals surface area contributed by atoms with E-state index in [0.717, 1.165) is 29.4 Å². The Morgan fingerprint density at radius 3 is 3.00 bits per heavy atom. The Morgan fingerprint density at radius 1 is 1.11 bits per heavy atom. The van der Waals surface area contributed by atoms with Crippen molar-refractivity contribution in [1.82, 2.24) is 0 Å². The predicted octanol–water partition coefficient (Wildman–Crippen LogP) is 5.20. The van der Waals surface area contributed by atoms with E-state index in [2.05, 4.69) is 24.3 Å². The highest BCUT2D eigenvalue weighted by Gasteiger charge is 2.16. The molecule has 0 fully saturated rings. The molecular formula is C16H11ClO. The number of halogens is 1. The van der Waals surface area contributed by atoms with E-state index in [9.17, 15) is 0 Å². The largest absolute Gasteiger partial charge is 0.454 e. The van der Waals surface area contributed by atoms with Crippen molar-refractivity contribution >= 4 is 39.6 Å². The highest BCUT2D eigenvalue weighted by molar-refractivity contribution is 6.35. The van der Waals surface area contributed by atoms with Crippen molar-refractivity contribution in [1.29, 1.82) is 0 Å². The summed E-state index contributed by atoms with van der Waals surface area (Å²) >= 11 is 6.20. The van der Waals surface area contributed by atoms with Gasteiger partial charge in [-0.05, 0) is 36.1 Å². The van der Waals surface area contributed by atoms with E-state index in [1.165, 1.54) is 16.5 Å². The Kier molecular flexibility index (Phi) is 2.06. The highest BCUT2D eigenvalue weighted by atomic mass is 35.5. The summed E-state index contributed by atoms with van der Waals surface area (Å²) in [5.41, 5.74) is 4.43. The van der Waals surface area contributed by atoms with Gasteiger partial charge in [-0.2, -0.15) is 0 Å². The molecule has 2 heteroatoms. The number of furan rings is 1. The van der Waals surface area contributed by atoms with Gasteiger partial charge >= 0.3 is 0 Å². The van der Waals surface area contributed by atoms with Crippen LogP contribution in [0.4, 0.5) is 0 Å². The topological polar surface area (TPSA) is 13.1 Å². The molecule has 0 N–H and O–H groups in total. The molecule has 0 aliphatic heterocycles. The molecule has 3 aromatic rings. The summed E-state index contributed by atoms with van der Waals surface area (Å²) in [4.78, 5) is 0. The van der Waals surface area contributed by atoms with Crippen LogP contribution in [0, 0.1) is 0 Å². The molecule has 1 aromatic heterocycles. The molecule has 4 rings (SSSR count). The first-order valence-corrected chi connectivity index (χ1v) is 6.51. The molecule has 0 bridgehead atoms. The molecule has 0 unspecified atom stereocenters. The molecule has 0 saturated carbocycles. The summed E-state index contributed by atoms with van der Waals surface area (Å²) in [7, 11) is 0. The molecule has 0 atom stereocenters. The van der Waals surface area contributed by atoms with Crippen molar-refractivity contribution in [3.05, 3.63) is 52.6 Å². The van der Waals surface area contributed by atoms with Crippen LogP contribution in [0.25, 0.3) is 28.0 Å². The van der Waals surface area contributed by atoms with Gasteiger partial charge in [0.1, 0.15) is 5.58 Å². The van der Waals surface area contributed by atoms with Gasteiger partial charge in [-0.25, -0.2) is 0 Å². The third kappa shape index (κ3) is 1.28. The summed E-state index contributed by atoms with van der Waals surface area (Å²) in [5.74, 6) is 0. The second kappa shape index (κ2) is 3.63. The molecule has 1 aliphatic rings. The predicted molar refractivity (Wildman–Crippen MR) is 76.1 cm³/mol. The number of aryl methyl sites for hydroxylation is 1. The Labute approximate surface area is 110 Å². The molecule has 0 saturated heterocycles. The third-order valence-corrected chi connectivity index (χ3v) is 3.92. The standard InChI is InChI=1S/C16H11ClO/c17-13-7-3-6-12-15-11-5-2-1-4-10(11)8-9-14(15)18-16(12)13/h1,3-4,6-9H,2,5H2. The van der Waals surface area contributed by atoms with Crippen molar-refractivity contribution in [3.63, 3.8) is 0 Å². The molecule has 88 valence electrons. The fraction of sp³-hybridized carbons (Fsp3) is 0.125. The lowest BCUT2D eigenvalue weighted by molar-refractivity contribution is 0.668. The maximum atomic E-state index is 6.20. The van der Waals surface area contributed by atoms with Crippen LogP contribution in [0.1, 0.15) is 17.5 Å². The maximum absolute atomic E-state index is 6.20. The van der Waals surface area contributed by atoms with Gasteiger partial charge in [-0.15, -0.1) is 0 Å². The van der Waals surface area contributed by atoms with Crippen LogP contribution in [0.15, 0.2) is 40.8 Å². The van der Waals surface area contributed by atoms with Crippen LogP contribution in [0.2, 0.25) is 5.02 Å². The normalized spacial score (nSPS) is 14.3. The molecule has 1 nitrogen and oxygen atoms in total. The molecule has 0 spiro atoms. The smallest absolute Gasteiger partial charge is 0.154 e. The molecule has 1 aliphatic carbocycles. The monoisotopic (exact) mass is 254 g/mol. The van der Waals surface area contributed by atoms with Crippen LogP contribution >= 0.6 is 11.6 Å². The van der Waals surface area contributed by atoms with Crippen molar-refractivity contribution in [2.24, 2.45) is 0 Å². The number of para-hydroxylation sites is 1. The molecule has 1 heterocycles. The average Bonchev–Trinajstić information content (AvgIpc) is 2.79. The summed E-state index contributed by atoms with van der Waals surface area (Å²) < 4.78 is 5.89. The molecule has 18 heavy (non-hydrogen) atoms. The summed E-state index contributed by atoms with van der Waals surface area (Å²) in [5, 5.41) is 3.04. The van der Waals surface area contributed by atoms with Crippen molar-refractivity contribution in [3.8, 4) is 0 Å². The highest BCUT2D eigenvalue weighted by Crippen LogP contribution is 2.37. The molecule has 2 aromatic carbocycles. The SMILES string of the molecule is Clc1cccc2c1oc1ccc3c(c12)CCC=C3. The summed E-state index contributed by atoms with van der Waals surface area (Å²) in [6.45, 7) is 0. The Balaban J connectivity index is 2.24. The summed E-state index contributed by atoms with van der Waals surface area (Å²) in [6.07, 6.45) is 6.59. The van der Waals surface area contributed by atoms with E-state index < -0.39 is 0 Å². The van der Waals surface area contributed by atoms with Gasteiger partial charge < -0.3 is 4.42 Å². The number of hydrogen-bond acceptors (Lipinski definition) is 1. The first-order chi connectivity index (χ1) is 8.84. The van der Waals surface area contributed by atoms with Gasteiger partial charge in [0.15, 0.2) is 5.58 Å². The number of hydrogen-bond donors (Lipinski definition) is 0. The van der Waals surface area contributed by atoms with Gasteiger partial charge in [0.25, 0.3) is 0 Å². The average molecular weight is 255 g/mol. The minimum absolute atomic E-state index is 0.684. The first kappa shape index (κ1) is 10.2. The minimum atomic E-state index is 0.684. The first-order valence-electron chi connectivity index (χ1n) is 6.14. The van der Waals surface area contributed by atoms with E-state index in [1.807, 2.05) is 18.2 Å². The second-order valence-electron chi connectivity index (χ2n) is 4.67. The fourth-order valence-corrected chi connectivity index (χ4v) is 3.02. The molecule has 0 radical (unpaired) electrons. The Hall–Kier alpha value is -1.73. The van der Waals surface area contributed by atoms with Gasteiger partial charge in [-0.1, -0.05) is 42.0 Å². The van der Waals surface area contributed by atoms with Crippen molar-refractivity contribution in [2.75, 3.05) is 0 Å². The zero-order valence-electron chi connectivity index (χ0n) is 9.74. The van der Waals surface area contributed by atoms with E-state index in [-0.39, 0.29) is 0 Å². The second-order valence-corrected chi connectivity index (χ2v) is 5.07. The van der Waals surface area contributed by atoms with Crippen LogP contribution in [-0.2, 0) is 6.42 Å². The van der Waals surface area contributed by atoms with Gasteiger partial charge in [0.05, 0.1) is 5.02 Å². The van der Waals surface area contributed by atoms with Gasteiger partial charge in [0, 0.05) is 10.8 Å². The lowest BCUT2D eigenvalue weighted by atomic mass is 9.93. The molecule has 0 amide bonds. The fourth-order valence-electron chi connectivity index (χ4n) is 2.81. The van der Waals surface area contributed by atoms with Gasteiger partial charge in [0.2, 0.25) is 0 Å². The lowest BCUT2D eigenvalue weighted by Gasteiger charge is -2.10. The summed E-state index contributed by atoms with van der Waals surface area (Å²) in [6, 6.07) is 10.1. The third-order valence-electron chi connectivity index (χ3n) is 3.62. The Bertz CT molecular complexity index is 796. The van der Waals surface area contributed by atoms with Crippen molar-refractivity contribution in [2.45, 2.75) is 12.8 Å². The van der Waals surface area contributed by atoms with E-state index in [4.69, 9.17) is 16.0 Å². The number of allylic oxidation sites excluding steroid dienone is 1. The zero-order valence-corrected chi connectivity index (χ0v) is 10.5. The number of rotatable bonds is 0. The van der Waals surface area contributed by atoms with E-state index in [0.29, 0.717) is 5.02 Å². The zero-order chi connectivity index (χ0) is 12.1. The Morgan fingerprint density at radius 2 is 2.06 bits per heavy atom. The van der Waals surface area contributed by atoms with Crippen LogP contribution in [-0.4, -0.2) is 0 Å². The lowest BCUT2D eigenvalue weighted by Crippen LogP contribution is -1.94. The van der Waals surface area contributed by atoms with Crippen LogP contribution in [0.5, 0.6) is 0 Å². The van der Waals surface area contributed by atoms with Crippen LogP contribution in [0.3, 0.4) is 0 Å².